The lowest BCUT2D eigenvalue weighted by molar-refractivity contribution is -0.153. The molecular formula is C19H20O7. The molecule has 0 aromatic rings. The lowest BCUT2D eigenvalue weighted by atomic mass is 9.82. The first-order chi connectivity index (χ1) is 12.2. The Balaban J connectivity index is 2.09. The zero-order valence-corrected chi connectivity index (χ0v) is 14.6. The number of aliphatic hydroxyl groups excluding tert-OH is 1. The Hall–Kier alpha value is -2.67. The minimum Gasteiger partial charge on any atom is -0.479 e. The van der Waals surface area contributed by atoms with E-state index in [1.807, 2.05) is 0 Å². The molecule has 3 rings (SSSR count). The van der Waals surface area contributed by atoms with Gasteiger partial charge in [0.05, 0.1) is 12.5 Å². The molecule has 0 saturated carbocycles. The van der Waals surface area contributed by atoms with E-state index in [0.717, 1.165) is 0 Å². The Morgan fingerprint density at radius 3 is 2.77 bits per heavy atom. The van der Waals surface area contributed by atoms with E-state index in [1.54, 1.807) is 6.92 Å². The van der Waals surface area contributed by atoms with Gasteiger partial charge in [0.1, 0.15) is 18.0 Å². The van der Waals surface area contributed by atoms with Crippen LogP contribution in [0.2, 0.25) is 0 Å². The zero-order valence-electron chi connectivity index (χ0n) is 14.6. The first-order valence-electron chi connectivity index (χ1n) is 8.19. The number of carbonyl (C=O) groups excluding carboxylic acids is 3. The molecule has 0 aliphatic carbocycles. The molecule has 138 valence electrons. The van der Waals surface area contributed by atoms with E-state index in [4.69, 9.17) is 14.2 Å². The van der Waals surface area contributed by atoms with Gasteiger partial charge in [-0.25, -0.2) is 9.59 Å². The standard InChI is InChI=1S/C19H20O7/c1-9(2)17(22)25-14-7-19(4)15(21)6-12(26-19)11(8-20)5-13-16(14)10(3)18(23)24-13/h5-6,13-14,16,20H,1,3,7-8H2,2,4H3/b11-5-/t13-,14-,16-,19-/m1/s1. The molecule has 0 unspecified atom stereocenters. The number of ketones is 1. The average Bonchev–Trinajstić information content (AvgIpc) is 3.01. The maximum Gasteiger partial charge on any atom is 0.334 e. The maximum atomic E-state index is 12.5. The van der Waals surface area contributed by atoms with Gasteiger partial charge >= 0.3 is 11.9 Å². The van der Waals surface area contributed by atoms with E-state index >= 15 is 0 Å². The minimum atomic E-state index is -1.29. The number of aliphatic hydroxyl groups is 1. The largest absolute Gasteiger partial charge is 0.479 e. The van der Waals surface area contributed by atoms with E-state index in [9.17, 15) is 19.5 Å². The molecule has 1 fully saturated rings. The summed E-state index contributed by atoms with van der Waals surface area (Å²) >= 11 is 0. The summed E-state index contributed by atoms with van der Waals surface area (Å²) in [6, 6.07) is 0. The normalized spacial score (nSPS) is 35.0. The number of fused-ring (bicyclic) bond motifs is 3. The topological polar surface area (TPSA) is 99.1 Å². The van der Waals surface area contributed by atoms with Gasteiger partial charge in [-0.15, -0.1) is 0 Å². The van der Waals surface area contributed by atoms with Gasteiger partial charge in [-0.05, 0) is 19.9 Å². The van der Waals surface area contributed by atoms with Crippen LogP contribution in [0.3, 0.4) is 0 Å². The van der Waals surface area contributed by atoms with E-state index in [-0.39, 0.29) is 29.1 Å². The third-order valence-electron chi connectivity index (χ3n) is 4.83. The van der Waals surface area contributed by atoms with Crippen molar-refractivity contribution in [2.45, 2.75) is 38.1 Å². The number of esters is 2. The predicted molar refractivity (Wildman–Crippen MR) is 89.6 cm³/mol. The SMILES string of the molecule is C=C(C)C(=O)O[C@@H]1C[C@@]2(C)OC(=CC2=O)/C(CO)=C\[C@H]2OC(=O)C(=C)[C@H]21. The van der Waals surface area contributed by atoms with E-state index < -0.39 is 42.3 Å². The van der Waals surface area contributed by atoms with Crippen LogP contribution in [0.1, 0.15) is 20.3 Å². The smallest absolute Gasteiger partial charge is 0.334 e. The Morgan fingerprint density at radius 1 is 1.46 bits per heavy atom. The number of hydrogen-bond acceptors (Lipinski definition) is 7. The molecular weight excluding hydrogens is 340 g/mol. The van der Waals surface area contributed by atoms with Crippen LogP contribution in [0, 0.1) is 5.92 Å². The highest BCUT2D eigenvalue weighted by molar-refractivity contribution is 6.00. The van der Waals surface area contributed by atoms with Gasteiger partial charge in [0, 0.05) is 29.2 Å². The fourth-order valence-electron chi connectivity index (χ4n) is 3.35. The van der Waals surface area contributed by atoms with Gasteiger partial charge in [0.2, 0.25) is 5.78 Å². The highest BCUT2D eigenvalue weighted by Gasteiger charge is 2.52. The van der Waals surface area contributed by atoms with Crippen molar-refractivity contribution in [3.8, 4) is 0 Å². The fourth-order valence-corrected chi connectivity index (χ4v) is 3.35. The van der Waals surface area contributed by atoms with Crippen molar-refractivity contribution < 1.29 is 33.7 Å². The zero-order chi connectivity index (χ0) is 19.2. The van der Waals surface area contributed by atoms with Gasteiger partial charge in [-0.3, -0.25) is 4.79 Å². The third-order valence-corrected chi connectivity index (χ3v) is 4.83. The summed E-state index contributed by atoms with van der Waals surface area (Å²) in [6.07, 6.45) is 1.14. The van der Waals surface area contributed by atoms with Crippen LogP contribution in [-0.2, 0) is 28.6 Å². The van der Waals surface area contributed by atoms with Crippen molar-refractivity contribution in [3.05, 3.63) is 47.8 Å². The molecule has 7 heteroatoms. The summed E-state index contributed by atoms with van der Waals surface area (Å²) in [4.78, 5) is 36.6. The summed E-state index contributed by atoms with van der Waals surface area (Å²) in [5.74, 6) is -2.03. The Kier molecular flexibility index (Phi) is 4.36. The van der Waals surface area contributed by atoms with Crippen LogP contribution >= 0.6 is 0 Å². The quantitative estimate of drug-likeness (QED) is 0.595. The highest BCUT2D eigenvalue weighted by Crippen LogP contribution is 2.42. The van der Waals surface area contributed by atoms with Crippen molar-refractivity contribution in [1.82, 2.24) is 0 Å². The summed E-state index contributed by atoms with van der Waals surface area (Å²) in [7, 11) is 0. The molecule has 3 aliphatic rings. The van der Waals surface area contributed by atoms with Crippen molar-refractivity contribution in [1.29, 1.82) is 0 Å². The summed E-state index contributed by atoms with van der Waals surface area (Å²) in [5, 5.41) is 9.67. The highest BCUT2D eigenvalue weighted by atomic mass is 16.6. The van der Waals surface area contributed by atoms with Crippen molar-refractivity contribution in [2.75, 3.05) is 6.61 Å². The molecule has 1 saturated heterocycles. The molecule has 0 aromatic carbocycles. The molecule has 0 amide bonds. The Morgan fingerprint density at radius 2 is 2.15 bits per heavy atom. The molecule has 0 aromatic heterocycles. The lowest BCUT2D eigenvalue weighted by Crippen LogP contribution is -2.42. The molecule has 1 N–H and O–H groups in total. The van der Waals surface area contributed by atoms with Crippen LogP contribution < -0.4 is 0 Å². The molecule has 7 nitrogen and oxygen atoms in total. The maximum absolute atomic E-state index is 12.5. The first kappa shape index (κ1) is 18.1. The average molecular weight is 360 g/mol. The molecule has 4 atom stereocenters. The molecule has 3 heterocycles. The van der Waals surface area contributed by atoms with Gasteiger partial charge in [0.25, 0.3) is 0 Å². The summed E-state index contributed by atoms with van der Waals surface area (Å²) < 4.78 is 16.6. The second-order valence-corrected chi connectivity index (χ2v) is 6.90. The molecule has 26 heavy (non-hydrogen) atoms. The van der Waals surface area contributed by atoms with E-state index in [1.165, 1.54) is 19.1 Å². The summed E-state index contributed by atoms with van der Waals surface area (Å²) in [5.41, 5.74) is -0.631. The van der Waals surface area contributed by atoms with E-state index in [0.29, 0.717) is 5.57 Å². The van der Waals surface area contributed by atoms with E-state index in [2.05, 4.69) is 13.2 Å². The minimum absolute atomic E-state index is 0.00816. The predicted octanol–water partition coefficient (Wildman–Crippen LogP) is 1.14. The number of ether oxygens (including phenoxy) is 3. The van der Waals surface area contributed by atoms with Crippen LogP contribution in [0.15, 0.2) is 47.8 Å². The third kappa shape index (κ3) is 2.88. The lowest BCUT2D eigenvalue weighted by Gasteiger charge is -2.31. The number of carbonyl (C=O) groups is 3. The molecule has 2 bridgehead atoms. The number of rotatable bonds is 3. The molecule has 3 aliphatic heterocycles. The van der Waals surface area contributed by atoms with Gasteiger partial charge < -0.3 is 19.3 Å². The molecule has 0 spiro atoms. The van der Waals surface area contributed by atoms with Crippen molar-refractivity contribution in [2.24, 2.45) is 5.92 Å². The van der Waals surface area contributed by atoms with Gasteiger partial charge in [-0.2, -0.15) is 0 Å². The summed E-state index contributed by atoms with van der Waals surface area (Å²) in [6.45, 7) is 9.99. The fraction of sp³-hybridized carbons (Fsp3) is 0.421. The van der Waals surface area contributed by atoms with Crippen molar-refractivity contribution in [3.63, 3.8) is 0 Å². The van der Waals surface area contributed by atoms with Crippen molar-refractivity contribution >= 4 is 17.7 Å². The second kappa shape index (κ2) is 6.25. The van der Waals surface area contributed by atoms with Crippen LogP contribution in [0.25, 0.3) is 0 Å². The Labute approximate surface area is 150 Å². The Bertz CT molecular complexity index is 788. The molecule has 0 radical (unpaired) electrons. The van der Waals surface area contributed by atoms with Crippen LogP contribution in [-0.4, -0.2) is 47.2 Å². The first-order valence-corrected chi connectivity index (χ1v) is 8.19. The van der Waals surface area contributed by atoms with Gasteiger partial charge in [0.15, 0.2) is 5.60 Å². The second-order valence-electron chi connectivity index (χ2n) is 6.90. The van der Waals surface area contributed by atoms with Crippen LogP contribution in [0.4, 0.5) is 0 Å². The number of hydrogen-bond donors (Lipinski definition) is 1. The van der Waals surface area contributed by atoms with Crippen LogP contribution in [0.5, 0.6) is 0 Å². The monoisotopic (exact) mass is 360 g/mol. The van der Waals surface area contributed by atoms with Gasteiger partial charge in [-0.1, -0.05) is 13.2 Å².